The first-order valence-electron chi connectivity index (χ1n) is 9.81. The van der Waals surface area contributed by atoms with Crippen LogP contribution in [0, 0.1) is 11.3 Å². The van der Waals surface area contributed by atoms with Crippen LogP contribution in [0.4, 0.5) is 0 Å². The molecule has 0 atom stereocenters. The Bertz CT molecular complexity index is 1070. The number of sulfone groups is 1. The quantitative estimate of drug-likeness (QED) is 0.629. The SMILES string of the molecule is COc1ccc(Cl)cc1CN1CCN(C(=O)CS(=O)(=O)Cc2ccc(C#N)cc2)CC1. The summed E-state index contributed by atoms with van der Waals surface area (Å²) in [6, 6.07) is 13.8. The molecule has 31 heavy (non-hydrogen) atoms. The molecule has 0 radical (unpaired) electrons. The van der Waals surface area contributed by atoms with Crippen molar-refractivity contribution >= 4 is 27.3 Å². The number of carbonyl (C=O) groups is 1. The number of amides is 1. The van der Waals surface area contributed by atoms with Gasteiger partial charge in [0.05, 0.1) is 24.5 Å². The molecule has 1 saturated heterocycles. The Kier molecular flexibility index (Phi) is 7.55. The number of methoxy groups -OCH3 is 1. The smallest absolute Gasteiger partial charge is 0.237 e. The summed E-state index contributed by atoms with van der Waals surface area (Å²) in [5.74, 6) is -0.362. The molecule has 1 aliphatic heterocycles. The number of rotatable bonds is 7. The third kappa shape index (κ3) is 6.44. The van der Waals surface area contributed by atoms with Crippen molar-refractivity contribution in [1.82, 2.24) is 9.80 Å². The monoisotopic (exact) mass is 461 g/mol. The summed E-state index contributed by atoms with van der Waals surface area (Å²) in [6.45, 7) is 2.85. The third-order valence-corrected chi connectivity index (χ3v) is 6.87. The molecule has 1 heterocycles. The number of benzene rings is 2. The third-order valence-electron chi connectivity index (χ3n) is 5.17. The number of piperazine rings is 1. The molecule has 0 aromatic heterocycles. The van der Waals surface area contributed by atoms with Crippen LogP contribution >= 0.6 is 11.6 Å². The van der Waals surface area contributed by atoms with E-state index in [9.17, 15) is 13.2 Å². The minimum atomic E-state index is -3.60. The van der Waals surface area contributed by atoms with Crippen LogP contribution in [0.5, 0.6) is 5.75 Å². The largest absolute Gasteiger partial charge is 0.496 e. The van der Waals surface area contributed by atoms with E-state index in [4.69, 9.17) is 21.6 Å². The van der Waals surface area contributed by atoms with E-state index in [1.165, 1.54) is 0 Å². The average Bonchev–Trinajstić information content (AvgIpc) is 2.74. The normalized spacial score (nSPS) is 14.8. The molecule has 1 amide bonds. The summed E-state index contributed by atoms with van der Waals surface area (Å²) in [5.41, 5.74) is 2.00. The van der Waals surface area contributed by atoms with Gasteiger partial charge in [0, 0.05) is 43.3 Å². The minimum Gasteiger partial charge on any atom is -0.496 e. The van der Waals surface area contributed by atoms with Crippen molar-refractivity contribution in [2.75, 3.05) is 39.0 Å². The molecule has 0 N–H and O–H groups in total. The fraction of sp³-hybridized carbons (Fsp3) is 0.364. The van der Waals surface area contributed by atoms with Crippen LogP contribution in [0.3, 0.4) is 0 Å². The molecule has 0 aliphatic carbocycles. The Morgan fingerprint density at radius 3 is 2.42 bits per heavy atom. The fourth-order valence-corrected chi connectivity index (χ4v) is 5.08. The van der Waals surface area contributed by atoms with E-state index >= 15 is 0 Å². The molecule has 0 saturated carbocycles. The zero-order valence-corrected chi connectivity index (χ0v) is 18.8. The highest BCUT2D eigenvalue weighted by Crippen LogP contribution is 2.24. The first kappa shape index (κ1) is 23.1. The number of ether oxygens (including phenoxy) is 1. The van der Waals surface area contributed by atoms with Crippen molar-refractivity contribution in [3.8, 4) is 11.8 Å². The van der Waals surface area contributed by atoms with Crippen molar-refractivity contribution in [3.05, 3.63) is 64.2 Å². The van der Waals surface area contributed by atoms with Crippen LogP contribution in [-0.2, 0) is 26.9 Å². The number of nitrogens with zero attached hydrogens (tertiary/aromatic N) is 3. The van der Waals surface area contributed by atoms with Crippen LogP contribution in [-0.4, -0.2) is 63.2 Å². The zero-order chi connectivity index (χ0) is 22.4. The second-order valence-corrected chi connectivity index (χ2v) is 9.96. The van der Waals surface area contributed by atoms with Gasteiger partial charge >= 0.3 is 0 Å². The second-order valence-electron chi connectivity index (χ2n) is 7.45. The highest BCUT2D eigenvalue weighted by molar-refractivity contribution is 7.91. The van der Waals surface area contributed by atoms with E-state index in [0.717, 1.165) is 11.3 Å². The number of halogens is 1. The zero-order valence-electron chi connectivity index (χ0n) is 17.3. The Balaban J connectivity index is 1.52. The molecule has 2 aromatic rings. The molecule has 0 bridgehead atoms. The van der Waals surface area contributed by atoms with Crippen LogP contribution < -0.4 is 4.74 Å². The van der Waals surface area contributed by atoms with E-state index in [0.29, 0.717) is 48.9 Å². The summed E-state index contributed by atoms with van der Waals surface area (Å²) in [5, 5.41) is 9.47. The number of nitriles is 1. The second kappa shape index (κ2) is 10.1. The lowest BCUT2D eigenvalue weighted by atomic mass is 10.1. The Morgan fingerprint density at radius 1 is 1.13 bits per heavy atom. The molecule has 2 aromatic carbocycles. The van der Waals surface area contributed by atoms with Crippen molar-refractivity contribution in [1.29, 1.82) is 5.26 Å². The Morgan fingerprint density at radius 2 is 1.81 bits per heavy atom. The number of carbonyl (C=O) groups excluding carboxylic acids is 1. The van der Waals surface area contributed by atoms with Crippen LogP contribution in [0.1, 0.15) is 16.7 Å². The average molecular weight is 462 g/mol. The maximum Gasteiger partial charge on any atom is 0.237 e. The molecular weight excluding hydrogens is 438 g/mol. The molecule has 1 fully saturated rings. The summed E-state index contributed by atoms with van der Waals surface area (Å²) >= 11 is 6.09. The minimum absolute atomic E-state index is 0.223. The molecule has 7 nitrogen and oxygen atoms in total. The lowest BCUT2D eigenvalue weighted by Crippen LogP contribution is -2.49. The molecule has 0 spiro atoms. The van der Waals surface area contributed by atoms with Gasteiger partial charge in [-0.15, -0.1) is 0 Å². The Hall–Kier alpha value is -2.60. The first-order valence-corrected chi connectivity index (χ1v) is 12.0. The van der Waals surface area contributed by atoms with Gasteiger partial charge in [0.2, 0.25) is 5.91 Å². The molecule has 3 rings (SSSR count). The standard InChI is InChI=1S/C22H24ClN3O4S/c1-30-21-7-6-20(23)12-19(21)14-25-8-10-26(11-9-25)22(27)16-31(28,29)15-18-4-2-17(13-24)3-5-18/h2-7,12H,8-11,14-16H2,1H3. The lowest BCUT2D eigenvalue weighted by molar-refractivity contribution is -0.130. The highest BCUT2D eigenvalue weighted by Gasteiger charge is 2.26. The van der Waals surface area contributed by atoms with Gasteiger partial charge in [0.15, 0.2) is 9.84 Å². The van der Waals surface area contributed by atoms with E-state index in [2.05, 4.69) is 4.90 Å². The van der Waals surface area contributed by atoms with Gasteiger partial charge in [-0.3, -0.25) is 9.69 Å². The van der Waals surface area contributed by atoms with Gasteiger partial charge in [-0.1, -0.05) is 23.7 Å². The first-order chi connectivity index (χ1) is 14.8. The summed E-state index contributed by atoms with van der Waals surface area (Å²) < 4.78 is 30.3. The van der Waals surface area contributed by atoms with E-state index < -0.39 is 15.6 Å². The Labute approximate surface area is 187 Å². The molecule has 164 valence electrons. The maximum atomic E-state index is 12.6. The van der Waals surface area contributed by atoms with Crippen molar-refractivity contribution in [2.45, 2.75) is 12.3 Å². The maximum absolute atomic E-state index is 12.6. The summed E-state index contributed by atoms with van der Waals surface area (Å²) in [4.78, 5) is 16.3. The molecule has 1 aliphatic rings. The van der Waals surface area contributed by atoms with Gasteiger partial charge in [0.1, 0.15) is 11.5 Å². The van der Waals surface area contributed by atoms with Crippen molar-refractivity contribution < 1.29 is 17.9 Å². The van der Waals surface area contributed by atoms with Crippen LogP contribution in [0.15, 0.2) is 42.5 Å². The van der Waals surface area contributed by atoms with Gasteiger partial charge in [0.25, 0.3) is 0 Å². The fourth-order valence-electron chi connectivity index (χ4n) is 3.53. The molecular formula is C22H24ClN3O4S. The van der Waals surface area contributed by atoms with Gasteiger partial charge < -0.3 is 9.64 Å². The van der Waals surface area contributed by atoms with Crippen molar-refractivity contribution in [2.24, 2.45) is 0 Å². The number of hydrogen-bond acceptors (Lipinski definition) is 6. The van der Waals surface area contributed by atoms with Gasteiger partial charge in [-0.05, 0) is 35.9 Å². The van der Waals surface area contributed by atoms with Crippen LogP contribution in [0.25, 0.3) is 0 Å². The highest BCUT2D eigenvalue weighted by atomic mass is 35.5. The summed E-state index contributed by atoms with van der Waals surface area (Å²) in [6.07, 6.45) is 0. The van der Waals surface area contributed by atoms with Gasteiger partial charge in [-0.25, -0.2) is 8.42 Å². The van der Waals surface area contributed by atoms with Crippen LogP contribution in [0.2, 0.25) is 5.02 Å². The molecule has 9 heteroatoms. The number of hydrogen-bond donors (Lipinski definition) is 0. The predicted octanol–water partition coefficient (Wildman–Crippen LogP) is 2.48. The van der Waals surface area contributed by atoms with E-state index in [-0.39, 0.29) is 11.7 Å². The van der Waals surface area contributed by atoms with E-state index in [1.807, 2.05) is 18.2 Å². The predicted molar refractivity (Wildman–Crippen MR) is 119 cm³/mol. The molecule has 0 unspecified atom stereocenters. The lowest BCUT2D eigenvalue weighted by Gasteiger charge is -2.35. The van der Waals surface area contributed by atoms with E-state index in [1.54, 1.807) is 42.3 Å². The topological polar surface area (TPSA) is 90.7 Å². The van der Waals surface area contributed by atoms with Crippen molar-refractivity contribution in [3.63, 3.8) is 0 Å². The van der Waals surface area contributed by atoms with Gasteiger partial charge in [-0.2, -0.15) is 5.26 Å². The summed E-state index contributed by atoms with van der Waals surface area (Å²) in [7, 11) is -1.98.